The fourth-order valence-corrected chi connectivity index (χ4v) is 4.18. The van der Waals surface area contributed by atoms with Gasteiger partial charge in [-0.3, -0.25) is 14.4 Å². The molecule has 0 spiro atoms. The molecule has 0 aromatic heterocycles. The van der Waals surface area contributed by atoms with Crippen LogP contribution in [0.3, 0.4) is 0 Å². The zero-order chi connectivity index (χ0) is 20.5. The lowest BCUT2D eigenvalue weighted by Gasteiger charge is -2.27. The second-order valence-electron chi connectivity index (χ2n) is 7.90. The standard InChI is InChI=1S/C21H34N2O5/c1-3-4-13-23(2)21(27)20(26)22-14-16-15(17-11-12-18(16)28-17)9-7-5-6-8-10-19(24)25/h5,7,15-18H,3-4,6,8-14H2,1-2H3,(H,22,26)(H,24,25)/b7-5-/t15-,16-,17-,18+/m1/s1. The maximum Gasteiger partial charge on any atom is 0.311 e. The Labute approximate surface area is 167 Å². The molecule has 0 aromatic carbocycles. The van der Waals surface area contributed by atoms with Gasteiger partial charge in [0.05, 0.1) is 12.2 Å². The molecular formula is C21H34N2O5. The molecule has 7 nitrogen and oxygen atoms in total. The first-order valence-electron chi connectivity index (χ1n) is 10.5. The summed E-state index contributed by atoms with van der Waals surface area (Å²) in [4.78, 5) is 36.4. The Bertz CT molecular complexity index is 577. The van der Waals surface area contributed by atoms with E-state index in [1.54, 1.807) is 7.05 Å². The van der Waals surface area contributed by atoms with Crippen LogP contribution in [-0.4, -0.2) is 60.1 Å². The van der Waals surface area contributed by atoms with Gasteiger partial charge >= 0.3 is 17.8 Å². The number of carboxylic acid groups (broad SMARTS) is 1. The van der Waals surface area contributed by atoms with Gasteiger partial charge in [-0.1, -0.05) is 25.5 Å². The summed E-state index contributed by atoms with van der Waals surface area (Å²) in [6.07, 6.45) is 10.9. The number of unbranched alkanes of at least 4 members (excludes halogenated alkanes) is 2. The molecule has 2 bridgehead atoms. The molecule has 7 heteroatoms. The van der Waals surface area contributed by atoms with Crippen molar-refractivity contribution < 1.29 is 24.2 Å². The molecule has 2 fully saturated rings. The Morgan fingerprint density at radius 1 is 1.14 bits per heavy atom. The van der Waals surface area contributed by atoms with E-state index in [0.717, 1.165) is 38.5 Å². The number of nitrogens with one attached hydrogen (secondary N) is 1. The van der Waals surface area contributed by atoms with Crippen molar-refractivity contribution in [2.75, 3.05) is 20.1 Å². The van der Waals surface area contributed by atoms with E-state index >= 15 is 0 Å². The van der Waals surface area contributed by atoms with Crippen molar-refractivity contribution in [2.45, 2.75) is 70.5 Å². The molecule has 2 heterocycles. The summed E-state index contributed by atoms with van der Waals surface area (Å²) in [7, 11) is 1.66. The number of nitrogens with zero attached hydrogens (tertiary/aromatic N) is 1. The molecular weight excluding hydrogens is 360 g/mol. The van der Waals surface area contributed by atoms with Gasteiger partial charge in [-0.2, -0.15) is 0 Å². The second-order valence-corrected chi connectivity index (χ2v) is 7.90. The Kier molecular flexibility index (Phi) is 8.96. The molecule has 2 N–H and O–H groups in total. The highest BCUT2D eigenvalue weighted by atomic mass is 16.5. The normalized spacial score (nSPS) is 25.9. The number of carboxylic acids is 1. The van der Waals surface area contributed by atoms with Crippen LogP contribution in [-0.2, 0) is 19.1 Å². The molecule has 158 valence electrons. The molecule has 2 saturated heterocycles. The van der Waals surface area contributed by atoms with Crippen molar-refractivity contribution in [3.8, 4) is 0 Å². The summed E-state index contributed by atoms with van der Waals surface area (Å²) in [5.74, 6) is -1.22. The van der Waals surface area contributed by atoms with Gasteiger partial charge in [-0.05, 0) is 44.4 Å². The van der Waals surface area contributed by atoms with Crippen molar-refractivity contribution in [1.29, 1.82) is 0 Å². The van der Waals surface area contributed by atoms with E-state index in [0.29, 0.717) is 25.4 Å². The summed E-state index contributed by atoms with van der Waals surface area (Å²) in [5, 5.41) is 11.5. The number of amides is 2. The molecule has 2 amide bonds. The Morgan fingerprint density at radius 3 is 2.54 bits per heavy atom. The highest BCUT2D eigenvalue weighted by molar-refractivity contribution is 6.34. The van der Waals surface area contributed by atoms with Gasteiger partial charge in [-0.15, -0.1) is 0 Å². The molecule has 0 radical (unpaired) electrons. The minimum atomic E-state index is -0.763. The first kappa shape index (κ1) is 22.4. The molecule has 28 heavy (non-hydrogen) atoms. The molecule has 0 saturated carbocycles. The van der Waals surface area contributed by atoms with Crippen LogP contribution in [0.25, 0.3) is 0 Å². The van der Waals surface area contributed by atoms with Crippen molar-refractivity contribution >= 4 is 17.8 Å². The van der Waals surface area contributed by atoms with Crippen LogP contribution in [0, 0.1) is 11.8 Å². The van der Waals surface area contributed by atoms with Crippen LogP contribution in [0.2, 0.25) is 0 Å². The number of carbonyl (C=O) groups excluding carboxylic acids is 2. The number of rotatable bonds is 11. The summed E-state index contributed by atoms with van der Waals surface area (Å²) in [6, 6.07) is 0. The minimum absolute atomic E-state index is 0.156. The van der Waals surface area contributed by atoms with E-state index in [1.807, 2.05) is 13.0 Å². The fraction of sp³-hybridized carbons (Fsp3) is 0.762. The van der Waals surface area contributed by atoms with Gasteiger partial charge in [0.2, 0.25) is 0 Å². The van der Waals surface area contributed by atoms with Crippen molar-refractivity contribution in [3.05, 3.63) is 12.2 Å². The Balaban J connectivity index is 1.79. The lowest BCUT2D eigenvalue weighted by molar-refractivity contribution is -0.145. The van der Waals surface area contributed by atoms with Crippen LogP contribution in [0.1, 0.15) is 58.3 Å². The zero-order valence-corrected chi connectivity index (χ0v) is 17.1. The van der Waals surface area contributed by atoms with Crippen LogP contribution in [0.5, 0.6) is 0 Å². The van der Waals surface area contributed by atoms with Crippen molar-refractivity contribution in [3.63, 3.8) is 0 Å². The number of fused-ring (bicyclic) bond motifs is 2. The van der Waals surface area contributed by atoms with E-state index in [2.05, 4.69) is 11.4 Å². The lowest BCUT2D eigenvalue weighted by Crippen LogP contribution is -2.45. The van der Waals surface area contributed by atoms with E-state index in [9.17, 15) is 14.4 Å². The molecule has 0 aliphatic carbocycles. The largest absolute Gasteiger partial charge is 0.481 e. The lowest BCUT2D eigenvalue weighted by atomic mass is 9.77. The average Bonchev–Trinajstić information content (AvgIpc) is 3.27. The number of allylic oxidation sites excluding steroid dienone is 2. The average molecular weight is 395 g/mol. The number of likely N-dealkylation sites (N-methyl/N-ethyl adjacent to an activating group) is 1. The zero-order valence-electron chi connectivity index (χ0n) is 17.1. The van der Waals surface area contributed by atoms with Gasteiger partial charge in [0.15, 0.2) is 0 Å². The predicted molar refractivity (Wildman–Crippen MR) is 106 cm³/mol. The van der Waals surface area contributed by atoms with E-state index < -0.39 is 17.8 Å². The van der Waals surface area contributed by atoms with E-state index in [-0.39, 0.29) is 24.5 Å². The third kappa shape index (κ3) is 6.33. The monoisotopic (exact) mass is 394 g/mol. The summed E-state index contributed by atoms with van der Waals surface area (Å²) in [5.41, 5.74) is 0. The second kappa shape index (κ2) is 11.2. The first-order valence-corrected chi connectivity index (χ1v) is 10.5. The quantitative estimate of drug-likeness (QED) is 0.319. The summed E-state index contributed by atoms with van der Waals surface area (Å²) >= 11 is 0. The number of hydrogen-bond donors (Lipinski definition) is 2. The van der Waals surface area contributed by atoms with Crippen LogP contribution in [0.15, 0.2) is 12.2 Å². The Hall–Kier alpha value is -1.89. The van der Waals surface area contributed by atoms with Gasteiger partial charge in [-0.25, -0.2) is 0 Å². The van der Waals surface area contributed by atoms with Crippen molar-refractivity contribution in [1.82, 2.24) is 10.2 Å². The summed E-state index contributed by atoms with van der Waals surface area (Å²) < 4.78 is 6.04. The fourth-order valence-electron chi connectivity index (χ4n) is 4.18. The first-order chi connectivity index (χ1) is 13.4. The van der Waals surface area contributed by atoms with Crippen LogP contribution in [0.4, 0.5) is 0 Å². The smallest absolute Gasteiger partial charge is 0.311 e. The maximum absolute atomic E-state index is 12.2. The molecule has 0 aromatic rings. The van der Waals surface area contributed by atoms with Gasteiger partial charge < -0.3 is 20.1 Å². The predicted octanol–water partition coefficient (Wildman–Crippen LogP) is 2.36. The minimum Gasteiger partial charge on any atom is -0.481 e. The van der Waals surface area contributed by atoms with E-state index in [1.165, 1.54) is 4.90 Å². The number of aliphatic carboxylic acids is 1. The molecule has 4 atom stereocenters. The molecule has 2 aliphatic heterocycles. The van der Waals surface area contributed by atoms with Crippen LogP contribution >= 0.6 is 0 Å². The molecule has 0 unspecified atom stereocenters. The molecule has 2 aliphatic rings. The van der Waals surface area contributed by atoms with Gasteiger partial charge in [0.1, 0.15) is 0 Å². The number of hydrogen-bond acceptors (Lipinski definition) is 4. The topological polar surface area (TPSA) is 95.9 Å². The Morgan fingerprint density at radius 2 is 1.86 bits per heavy atom. The van der Waals surface area contributed by atoms with E-state index in [4.69, 9.17) is 9.84 Å². The molecule has 2 rings (SSSR count). The number of carbonyl (C=O) groups is 3. The third-order valence-electron chi connectivity index (χ3n) is 5.81. The van der Waals surface area contributed by atoms with Gasteiger partial charge in [0.25, 0.3) is 0 Å². The van der Waals surface area contributed by atoms with Crippen LogP contribution < -0.4 is 5.32 Å². The highest BCUT2D eigenvalue weighted by Gasteiger charge is 2.48. The number of ether oxygens (including phenoxy) is 1. The van der Waals surface area contributed by atoms with Crippen molar-refractivity contribution in [2.24, 2.45) is 11.8 Å². The highest BCUT2D eigenvalue weighted by Crippen LogP contribution is 2.44. The SMILES string of the molecule is CCCCN(C)C(=O)C(=O)NC[C@@H]1[C@@H](C/C=C\CCCC(=O)O)[C@H]2CC[C@@H]1O2. The third-order valence-corrected chi connectivity index (χ3v) is 5.81. The summed E-state index contributed by atoms with van der Waals surface area (Å²) in [6.45, 7) is 3.11. The maximum atomic E-state index is 12.2. The van der Waals surface area contributed by atoms with Gasteiger partial charge in [0, 0.05) is 32.5 Å².